The summed E-state index contributed by atoms with van der Waals surface area (Å²) in [5.74, 6) is 0.370. The number of hydrogen-bond acceptors (Lipinski definition) is 4. The van der Waals surface area contributed by atoms with Gasteiger partial charge in [0.15, 0.2) is 0 Å². The third-order valence-corrected chi connectivity index (χ3v) is 4.06. The minimum Gasteiger partial charge on any atom is -0.372 e. The Bertz CT molecular complexity index is 511. The van der Waals surface area contributed by atoms with E-state index in [0.29, 0.717) is 18.2 Å². The maximum Gasteiger partial charge on any atom is 0.264 e. The average molecular weight is 309 g/mol. The van der Waals surface area contributed by atoms with Crippen molar-refractivity contribution >= 4 is 19.7 Å². The Morgan fingerprint density at radius 1 is 1.42 bits per heavy atom. The molecule has 0 saturated carbocycles. The van der Waals surface area contributed by atoms with E-state index in [1.165, 1.54) is 6.20 Å². The van der Waals surface area contributed by atoms with Crippen LogP contribution in [0.4, 0.5) is 0 Å². The predicted octanol–water partition coefficient (Wildman–Crippen LogP) is 2.78. The van der Waals surface area contributed by atoms with E-state index in [1.807, 2.05) is 27.7 Å². The Labute approximate surface area is 119 Å². The molecule has 0 amide bonds. The van der Waals surface area contributed by atoms with Gasteiger partial charge in [-0.25, -0.2) is 8.42 Å². The molecule has 0 fully saturated rings. The summed E-state index contributed by atoms with van der Waals surface area (Å²) in [6, 6.07) is 0. The van der Waals surface area contributed by atoms with Gasteiger partial charge in [-0.15, -0.1) is 0 Å². The molecule has 0 aromatic carbocycles. The molecule has 0 aliphatic heterocycles. The number of ether oxygens (including phenoxy) is 1. The summed E-state index contributed by atoms with van der Waals surface area (Å²) in [6.45, 7) is 8.79. The normalized spacial score (nSPS) is 14.0. The molecular formula is C12H21ClN2O3S. The fourth-order valence-electron chi connectivity index (χ4n) is 1.55. The highest BCUT2D eigenvalue weighted by Crippen LogP contribution is 2.21. The highest BCUT2D eigenvalue weighted by atomic mass is 35.7. The Hall–Kier alpha value is -0.590. The van der Waals surface area contributed by atoms with E-state index >= 15 is 0 Å². The molecule has 0 N–H and O–H groups in total. The van der Waals surface area contributed by atoms with Crippen LogP contribution in [0.1, 0.15) is 39.8 Å². The molecule has 0 bridgehead atoms. The Morgan fingerprint density at radius 2 is 2.05 bits per heavy atom. The molecule has 1 heterocycles. The van der Waals surface area contributed by atoms with E-state index in [0.717, 1.165) is 6.42 Å². The van der Waals surface area contributed by atoms with Crippen LogP contribution in [-0.4, -0.2) is 24.3 Å². The quantitative estimate of drug-likeness (QED) is 0.727. The highest BCUT2D eigenvalue weighted by molar-refractivity contribution is 8.13. The molecule has 110 valence electrons. The lowest BCUT2D eigenvalue weighted by molar-refractivity contribution is 0.0473. The first kappa shape index (κ1) is 16.5. The topological polar surface area (TPSA) is 61.2 Å². The largest absolute Gasteiger partial charge is 0.372 e. The van der Waals surface area contributed by atoms with Crippen molar-refractivity contribution in [2.75, 3.05) is 0 Å². The Balaban J connectivity index is 2.96. The number of rotatable bonds is 7. The molecule has 19 heavy (non-hydrogen) atoms. The van der Waals surface area contributed by atoms with Crippen LogP contribution < -0.4 is 0 Å². The average Bonchev–Trinajstić information content (AvgIpc) is 2.67. The van der Waals surface area contributed by atoms with E-state index in [-0.39, 0.29) is 17.6 Å². The van der Waals surface area contributed by atoms with Crippen LogP contribution in [0.5, 0.6) is 0 Å². The predicted molar refractivity (Wildman–Crippen MR) is 74.6 cm³/mol. The van der Waals surface area contributed by atoms with E-state index in [9.17, 15) is 8.42 Å². The first-order valence-corrected chi connectivity index (χ1v) is 8.67. The SMILES string of the molecule is CC[C@H](C)OCc1nn(CC(C)C)cc1S(=O)(=O)Cl. The second-order valence-corrected chi connectivity index (χ2v) is 7.56. The van der Waals surface area contributed by atoms with Crippen LogP contribution in [0.25, 0.3) is 0 Å². The Kier molecular flexibility index (Phi) is 5.82. The first-order valence-electron chi connectivity index (χ1n) is 6.36. The molecule has 0 spiro atoms. The molecule has 0 radical (unpaired) electrons. The smallest absolute Gasteiger partial charge is 0.264 e. The van der Waals surface area contributed by atoms with Crippen LogP contribution in [0.15, 0.2) is 11.1 Å². The van der Waals surface area contributed by atoms with E-state index in [1.54, 1.807) is 4.68 Å². The number of halogens is 1. The van der Waals surface area contributed by atoms with Gasteiger partial charge in [-0.3, -0.25) is 4.68 Å². The van der Waals surface area contributed by atoms with Gasteiger partial charge in [0.25, 0.3) is 9.05 Å². The van der Waals surface area contributed by atoms with Crippen molar-refractivity contribution in [1.29, 1.82) is 0 Å². The molecule has 0 saturated heterocycles. The maximum atomic E-state index is 11.5. The van der Waals surface area contributed by atoms with Crippen molar-refractivity contribution < 1.29 is 13.2 Å². The summed E-state index contributed by atoms with van der Waals surface area (Å²) in [4.78, 5) is 0.0399. The van der Waals surface area contributed by atoms with Gasteiger partial charge in [-0.05, 0) is 19.3 Å². The van der Waals surface area contributed by atoms with Crippen LogP contribution in [-0.2, 0) is 26.9 Å². The van der Waals surface area contributed by atoms with Gasteiger partial charge in [0, 0.05) is 23.4 Å². The minimum absolute atomic E-state index is 0.0399. The van der Waals surface area contributed by atoms with Crippen molar-refractivity contribution in [3.05, 3.63) is 11.9 Å². The van der Waals surface area contributed by atoms with Gasteiger partial charge < -0.3 is 4.74 Å². The second-order valence-electron chi connectivity index (χ2n) is 5.02. The fraction of sp³-hybridized carbons (Fsp3) is 0.750. The van der Waals surface area contributed by atoms with Crippen molar-refractivity contribution in [1.82, 2.24) is 9.78 Å². The van der Waals surface area contributed by atoms with Crippen molar-refractivity contribution in [3.63, 3.8) is 0 Å². The molecule has 1 atom stereocenters. The third-order valence-electron chi connectivity index (χ3n) is 2.69. The minimum atomic E-state index is -3.79. The summed E-state index contributed by atoms with van der Waals surface area (Å²) in [5.41, 5.74) is 0.371. The third kappa shape index (κ3) is 5.12. The van der Waals surface area contributed by atoms with Gasteiger partial charge >= 0.3 is 0 Å². The summed E-state index contributed by atoms with van der Waals surface area (Å²) in [5, 5.41) is 4.25. The van der Waals surface area contributed by atoms with Crippen molar-refractivity contribution in [2.45, 2.75) is 58.3 Å². The van der Waals surface area contributed by atoms with Gasteiger partial charge in [0.2, 0.25) is 0 Å². The van der Waals surface area contributed by atoms with Gasteiger partial charge in [-0.2, -0.15) is 5.10 Å². The van der Waals surface area contributed by atoms with Gasteiger partial charge in [-0.1, -0.05) is 20.8 Å². The highest BCUT2D eigenvalue weighted by Gasteiger charge is 2.21. The summed E-state index contributed by atoms with van der Waals surface area (Å²) >= 11 is 0. The maximum absolute atomic E-state index is 11.5. The molecular weight excluding hydrogens is 288 g/mol. The molecule has 0 unspecified atom stereocenters. The van der Waals surface area contributed by atoms with Crippen molar-refractivity contribution in [3.8, 4) is 0 Å². The zero-order valence-corrected chi connectivity index (χ0v) is 13.3. The van der Waals surface area contributed by atoms with Crippen molar-refractivity contribution in [2.24, 2.45) is 5.92 Å². The number of nitrogens with zero attached hydrogens (tertiary/aromatic N) is 2. The van der Waals surface area contributed by atoms with Crippen LogP contribution >= 0.6 is 10.7 Å². The molecule has 7 heteroatoms. The lowest BCUT2D eigenvalue weighted by atomic mass is 10.2. The lowest BCUT2D eigenvalue weighted by Gasteiger charge is -2.09. The summed E-state index contributed by atoms with van der Waals surface area (Å²) in [7, 11) is 1.63. The summed E-state index contributed by atoms with van der Waals surface area (Å²) in [6.07, 6.45) is 2.38. The second kappa shape index (κ2) is 6.72. The van der Waals surface area contributed by atoms with Crippen LogP contribution in [0.2, 0.25) is 0 Å². The summed E-state index contributed by atoms with van der Waals surface area (Å²) < 4.78 is 30.2. The molecule has 1 rings (SSSR count). The zero-order valence-electron chi connectivity index (χ0n) is 11.8. The Morgan fingerprint density at radius 3 is 2.53 bits per heavy atom. The van der Waals surface area contributed by atoms with E-state index in [2.05, 4.69) is 5.10 Å². The van der Waals surface area contributed by atoms with Gasteiger partial charge in [0.05, 0.1) is 12.7 Å². The van der Waals surface area contributed by atoms with Crippen LogP contribution in [0.3, 0.4) is 0 Å². The lowest BCUT2D eigenvalue weighted by Crippen LogP contribution is -2.09. The molecule has 1 aromatic rings. The monoisotopic (exact) mass is 308 g/mol. The van der Waals surface area contributed by atoms with Crippen LogP contribution in [0, 0.1) is 5.92 Å². The molecule has 1 aromatic heterocycles. The zero-order chi connectivity index (χ0) is 14.6. The number of hydrogen-bond donors (Lipinski definition) is 0. The molecule has 0 aliphatic rings. The first-order chi connectivity index (χ1) is 8.74. The molecule has 0 aliphatic carbocycles. The van der Waals surface area contributed by atoms with E-state index in [4.69, 9.17) is 15.4 Å². The standard InChI is InChI=1S/C12H21ClN2O3S/c1-5-10(4)18-8-11-12(19(13,16)17)7-15(14-11)6-9(2)3/h7,9-10H,5-6,8H2,1-4H3/t10-/m0/s1. The number of aromatic nitrogens is 2. The fourth-order valence-corrected chi connectivity index (χ4v) is 2.57. The molecule has 5 nitrogen and oxygen atoms in total. The van der Waals surface area contributed by atoms with Gasteiger partial charge in [0.1, 0.15) is 10.6 Å². The van der Waals surface area contributed by atoms with E-state index < -0.39 is 9.05 Å².